The highest BCUT2D eigenvalue weighted by molar-refractivity contribution is 6.02. The number of benzene rings is 2. The Morgan fingerprint density at radius 2 is 1.88 bits per heavy atom. The van der Waals surface area contributed by atoms with Crippen LogP contribution in [0.25, 0.3) is 11.8 Å². The van der Waals surface area contributed by atoms with E-state index >= 15 is 0 Å². The van der Waals surface area contributed by atoms with Crippen molar-refractivity contribution in [2.45, 2.75) is 20.8 Å². The first-order chi connectivity index (χ1) is 12.4. The highest BCUT2D eigenvalue weighted by Crippen LogP contribution is 2.18. The first-order valence-corrected chi connectivity index (χ1v) is 8.15. The van der Waals surface area contributed by atoms with Crippen LogP contribution in [0.1, 0.15) is 22.3 Å². The number of halogens is 1. The van der Waals surface area contributed by atoms with E-state index in [1.807, 2.05) is 19.9 Å². The van der Waals surface area contributed by atoms with Crippen LogP contribution in [0.3, 0.4) is 0 Å². The molecule has 1 N–H and O–H groups in total. The van der Waals surface area contributed by atoms with E-state index in [2.05, 4.69) is 28.4 Å². The molecule has 0 saturated heterocycles. The molecule has 6 heteroatoms. The zero-order valence-electron chi connectivity index (χ0n) is 14.8. The molecule has 0 aliphatic rings. The van der Waals surface area contributed by atoms with E-state index < -0.39 is 5.82 Å². The number of carbonyl (C=O) groups excluding carboxylic acids is 1. The van der Waals surface area contributed by atoms with E-state index in [1.165, 1.54) is 46.7 Å². The van der Waals surface area contributed by atoms with Gasteiger partial charge in [0.1, 0.15) is 18.3 Å². The van der Waals surface area contributed by atoms with Gasteiger partial charge in [0.2, 0.25) is 5.91 Å². The van der Waals surface area contributed by atoms with E-state index in [0.717, 1.165) is 11.1 Å². The number of aryl methyl sites for hydroxylation is 3. The molecule has 0 atom stereocenters. The first kappa shape index (κ1) is 17.5. The van der Waals surface area contributed by atoms with Crippen LogP contribution in [-0.2, 0) is 4.79 Å². The number of rotatable bonds is 4. The Morgan fingerprint density at radius 3 is 2.58 bits per heavy atom. The average molecular weight is 350 g/mol. The second-order valence-electron chi connectivity index (χ2n) is 6.12. The maximum atomic E-state index is 14.2. The third-order valence-corrected chi connectivity index (χ3v) is 4.18. The van der Waals surface area contributed by atoms with Crippen LogP contribution in [0.5, 0.6) is 0 Å². The third kappa shape index (κ3) is 3.85. The monoisotopic (exact) mass is 350 g/mol. The summed E-state index contributed by atoms with van der Waals surface area (Å²) in [5.74, 6) is -0.821. The van der Waals surface area contributed by atoms with Crippen LogP contribution >= 0.6 is 0 Å². The zero-order chi connectivity index (χ0) is 18.7. The SMILES string of the molecule is Cc1cc(C)c(/C=C/C(=O)Nc2ccc(-n3cncn3)c(F)c2)cc1C. The van der Waals surface area contributed by atoms with E-state index in [-0.39, 0.29) is 11.6 Å². The molecule has 3 aromatic rings. The van der Waals surface area contributed by atoms with Crippen molar-refractivity contribution in [1.82, 2.24) is 14.8 Å². The molecule has 1 heterocycles. The number of aromatic nitrogens is 3. The number of amides is 1. The summed E-state index contributed by atoms with van der Waals surface area (Å²) in [6.45, 7) is 6.09. The number of hydrogen-bond acceptors (Lipinski definition) is 3. The van der Waals surface area contributed by atoms with Crippen molar-refractivity contribution in [3.05, 3.63) is 77.1 Å². The fourth-order valence-corrected chi connectivity index (χ4v) is 2.61. The fourth-order valence-electron chi connectivity index (χ4n) is 2.61. The minimum atomic E-state index is -0.498. The van der Waals surface area contributed by atoms with Gasteiger partial charge in [0.15, 0.2) is 5.82 Å². The molecule has 0 bridgehead atoms. The normalized spacial score (nSPS) is 11.1. The van der Waals surface area contributed by atoms with Crippen LogP contribution in [0.2, 0.25) is 0 Å². The predicted octanol–water partition coefficient (Wildman–Crippen LogP) is 3.98. The molecule has 0 unspecified atom stereocenters. The lowest BCUT2D eigenvalue weighted by Crippen LogP contribution is -2.09. The van der Waals surface area contributed by atoms with Gasteiger partial charge in [-0.3, -0.25) is 4.79 Å². The summed E-state index contributed by atoms with van der Waals surface area (Å²) >= 11 is 0. The summed E-state index contributed by atoms with van der Waals surface area (Å²) in [5, 5.41) is 6.55. The van der Waals surface area contributed by atoms with Gasteiger partial charge in [-0.05, 0) is 67.3 Å². The highest BCUT2D eigenvalue weighted by Gasteiger charge is 2.08. The predicted molar refractivity (Wildman–Crippen MR) is 99.6 cm³/mol. The summed E-state index contributed by atoms with van der Waals surface area (Å²) in [7, 11) is 0. The fraction of sp³-hybridized carbons (Fsp3) is 0.150. The molecular formula is C20H19FN4O. The standard InChI is InChI=1S/C20H19FN4O/c1-13-8-15(3)16(9-14(13)2)4-7-20(26)24-17-5-6-19(18(21)10-17)25-12-22-11-23-25/h4-12H,1-3H3,(H,24,26)/b7-4+. The van der Waals surface area contributed by atoms with Gasteiger partial charge in [0.25, 0.3) is 0 Å². The Hall–Kier alpha value is -3.28. The third-order valence-electron chi connectivity index (χ3n) is 4.18. The first-order valence-electron chi connectivity index (χ1n) is 8.15. The largest absolute Gasteiger partial charge is 0.322 e. The Balaban J connectivity index is 1.72. The van der Waals surface area contributed by atoms with Crippen molar-refractivity contribution in [3.8, 4) is 5.69 Å². The van der Waals surface area contributed by atoms with Crippen LogP contribution in [0.15, 0.2) is 49.1 Å². The summed E-state index contributed by atoms with van der Waals surface area (Å²) in [6, 6.07) is 8.54. The van der Waals surface area contributed by atoms with Crippen LogP contribution < -0.4 is 5.32 Å². The smallest absolute Gasteiger partial charge is 0.248 e. The van der Waals surface area contributed by atoms with Gasteiger partial charge in [-0.2, -0.15) is 5.10 Å². The van der Waals surface area contributed by atoms with E-state index in [1.54, 1.807) is 12.1 Å². The summed E-state index contributed by atoms with van der Waals surface area (Å²) < 4.78 is 15.5. The van der Waals surface area contributed by atoms with Crippen LogP contribution in [0.4, 0.5) is 10.1 Å². The molecule has 3 rings (SSSR count). The van der Waals surface area contributed by atoms with Gasteiger partial charge in [0.05, 0.1) is 0 Å². The summed E-state index contributed by atoms with van der Waals surface area (Å²) in [4.78, 5) is 15.9. The van der Waals surface area contributed by atoms with Crippen molar-refractivity contribution in [2.24, 2.45) is 0 Å². The minimum Gasteiger partial charge on any atom is -0.322 e. The van der Waals surface area contributed by atoms with Crippen molar-refractivity contribution in [1.29, 1.82) is 0 Å². The van der Waals surface area contributed by atoms with Gasteiger partial charge < -0.3 is 5.32 Å². The van der Waals surface area contributed by atoms with Gasteiger partial charge >= 0.3 is 0 Å². The molecule has 0 spiro atoms. The molecular weight excluding hydrogens is 331 g/mol. The Morgan fingerprint density at radius 1 is 1.12 bits per heavy atom. The maximum absolute atomic E-state index is 14.2. The number of nitrogens with zero attached hydrogens (tertiary/aromatic N) is 3. The number of anilines is 1. The molecule has 0 saturated carbocycles. The van der Waals surface area contributed by atoms with Crippen molar-refractivity contribution < 1.29 is 9.18 Å². The van der Waals surface area contributed by atoms with Crippen molar-refractivity contribution in [3.63, 3.8) is 0 Å². The Kier molecular flexibility index (Phi) is 4.93. The Bertz CT molecular complexity index is 978. The van der Waals surface area contributed by atoms with E-state index in [0.29, 0.717) is 5.69 Å². The van der Waals surface area contributed by atoms with Gasteiger partial charge in [-0.1, -0.05) is 12.1 Å². The summed E-state index contributed by atoms with van der Waals surface area (Å²) in [5.41, 5.74) is 5.10. The lowest BCUT2D eigenvalue weighted by atomic mass is 10.0. The molecule has 0 aliphatic carbocycles. The molecule has 1 aromatic heterocycles. The van der Waals surface area contributed by atoms with E-state index in [9.17, 15) is 9.18 Å². The van der Waals surface area contributed by atoms with Gasteiger partial charge in [-0.25, -0.2) is 14.1 Å². The number of nitrogens with one attached hydrogen (secondary N) is 1. The summed E-state index contributed by atoms with van der Waals surface area (Å²) in [6.07, 6.45) is 5.94. The average Bonchev–Trinajstić information content (AvgIpc) is 3.11. The molecule has 5 nitrogen and oxygen atoms in total. The van der Waals surface area contributed by atoms with Crippen LogP contribution in [0, 0.1) is 26.6 Å². The van der Waals surface area contributed by atoms with Gasteiger partial charge in [-0.15, -0.1) is 0 Å². The quantitative estimate of drug-likeness (QED) is 0.724. The van der Waals surface area contributed by atoms with Crippen LogP contribution in [-0.4, -0.2) is 20.7 Å². The Labute approximate surface area is 151 Å². The van der Waals surface area contributed by atoms with Crippen molar-refractivity contribution in [2.75, 3.05) is 5.32 Å². The maximum Gasteiger partial charge on any atom is 0.248 e. The minimum absolute atomic E-state index is 0.266. The second kappa shape index (κ2) is 7.31. The van der Waals surface area contributed by atoms with Gasteiger partial charge in [0, 0.05) is 11.8 Å². The number of hydrogen-bond donors (Lipinski definition) is 1. The highest BCUT2D eigenvalue weighted by atomic mass is 19.1. The lowest BCUT2D eigenvalue weighted by Gasteiger charge is -2.07. The second-order valence-corrected chi connectivity index (χ2v) is 6.12. The molecule has 0 fully saturated rings. The molecule has 2 aromatic carbocycles. The van der Waals surface area contributed by atoms with Crippen molar-refractivity contribution >= 4 is 17.7 Å². The molecule has 1 amide bonds. The lowest BCUT2D eigenvalue weighted by molar-refractivity contribution is -0.111. The molecule has 0 radical (unpaired) electrons. The zero-order valence-corrected chi connectivity index (χ0v) is 14.8. The van der Waals surface area contributed by atoms with E-state index in [4.69, 9.17) is 0 Å². The molecule has 132 valence electrons. The molecule has 0 aliphatic heterocycles. The topological polar surface area (TPSA) is 59.8 Å². The number of carbonyl (C=O) groups is 1. The molecule has 26 heavy (non-hydrogen) atoms.